The Balaban J connectivity index is 1.71. The van der Waals surface area contributed by atoms with Gasteiger partial charge in [0.15, 0.2) is 0 Å². The Labute approximate surface area is 131 Å². The van der Waals surface area contributed by atoms with E-state index in [9.17, 15) is 4.79 Å². The third kappa shape index (κ3) is 3.06. The monoisotopic (exact) mass is 297 g/mol. The highest BCUT2D eigenvalue weighted by molar-refractivity contribution is 5.94. The van der Waals surface area contributed by atoms with E-state index in [2.05, 4.69) is 16.9 Å². The molecular formula is C18H23N3O. The summed E-state index contributed by atoms with van der Waals surface area (Å²) in [5.41, 5.74) is 3.13. The van der Waals surface area contributed by atoms with E-state index < -0.39 is 0 Å². The van der Waals surface area contributed by atoms with E-state index in [1.807, 2.05) is 42.3 Å². The first-order chi connectivity index (χ1) is 10.7. The van der Waals surface area contributed by atoms with Gasteiger partial charge >= 0.3 is 0 Å². The van der Waals surface area contributed by atoms with Crippen LogP contribution in [0.4, 0.5) is 0 Å². The molecule has 0 bridgehead atoms. The molecule has 1 aromatic heterocycles. The van der Waals surface area contributed by atoms with Gasteiger partial charge in [0.05, 0.1) is 0 Å². The van der Waals surface area contributed by atoms with E-state index in [0.717, 1.165) is 49.4 Å². The highest BCUT2D eigenvalue weighted by Gasteiger charge is 2.26. The maximum absolute atomic E-state index is 12.7. The standard InChI is InChI=1S/C18H23N3O/c1-3-14-6-8-15(9-7-14)18(22)21-10-4-5-16(12-21)17-19-11-13(2)20-17/h6-9,11,16H,3-5,10,12H2,1-2H3,(H,19,20)/t16-/m1/s1. The number of carbonyl (C=O) groups excluding carboxylic acids is 1. The molecule has 1 amide bonds. The Morgan fingerprint density at radius 1 is 1.36 bits per heavy atom. The Kier molecular flexibility index (Phi) is 4.27. The van der Waals surface area contributed by atoms with E-state index in [4.69, 9.17) is 0 Å². The molecule has 1 N–H and O–H groups in total. The van der Waals surface area contributed by atoms with Gasteiger partial charge in [0.1, 0.15) is 5.82 Å². The Morgan fingerprint density at radius 2 is 2.14 bits per heavy atom. The summed E-state index contributed by atoms with van der Waals surface area (Å²) in [7, 11) is 0. The fourth-order valence-electron chi connectivity index (χ4n) is 3.09. The van der Waals surface area contributed by atoms with Gasteiger partial charge in [-0.05, 0) is 43.9 Å². The fraction of sp³-hybridized carbons (Fsp3) is 0.444. The van der Waals surface area contributed by atoms with Gasteiger partial charge in [0, 0.05) is 36.5 Å². The zero-order valence-electron chi connectivity index (χ0n) is 13.3. The molecule has 1 aromatic carbocycles. The van der Waals surface area contributed by atoms with Crippen LogP contribution in [0.5, 0.6) is 0 Å². The molecule has 1 aliphatic rings. The molecule has 4 heteroatoms. The van der Waals surface area contributed by atoms with Crippen LogP contribution in [0.1, 0.15) is 53.1 Å². The van der Waals surface area contributed by atoms with Crippen molar-refractivity contribution in [1.82, 2.24) is 14.9 Å². The molecule has 22 heavy (non-hydrogen) atoms. The number of amides is 1. The minimum Gasteiger partial charge on any atom is -0.346 e. The third-order valence-electron chi connectivity index (χ3n) is 4.43. The molecular weight excluding hydrogens is 274 g/mol. The van der Waals surface area contributed by atoms with E-state index in [0.29, 0.717) is 5.92 Å². The van der Waals surface area contributed by atoms with Gasteiger partial charge < -0.3 is 9.88 Å². The van der Waals surface area contributed by atoms with Crippen LogP contribution >= 0.6 is 0 Å². The van der Waals surface area contributed by atoms with Gasteiger partial charge in [0.2, 0.25) is 0 Å². The number of benzene rings is 1. The number of rotatable bonds is 3. The van der Waals surface area contributed by atoms with Crippen LogP contribution in [0.25, 0.3) is 0 Å². The number of nitrogens with zero attached hydrogens (tertiary/aromatic N) is 2. The number of aromatic nitrogens is 2. The zero-order chi connectivity index (χ0) is 15.5. The Bertz CT molecular complexity index is 645. The number of H-pyrrole nitrogens is 1. The summed E-state index contributed by atoms with van der Waals surface area (Å²) in [5, 5.41) is 0. The predicted octanol–water partition coefficient (Wildman–Crippen LogP) is 3.30. The van der Waals surface area contributed by atoms with Crippen LogP contribution in [-0.2, 0) is 6.42 Å². The molecule has 2 heterocycles. The van der Waals surface area contributed by atoms with Crippen molar-refractivity contribution >= 4 is 5.91 Å². The number of aryl methyl sites for hydroxylation is 2. The van der Waals surface area contributed by atoms with Crippen molar-refractivity contribution in [2.45, 2.75) is 39.0 Å². The summed E-state index contributed by atoms with van der Waals surface area (Å²) in [6.45, 7) is 5.72. The number of likely N-dealkylation sites (tertiary alicyclic amines) is 1. The van der Waals surface area contributed by atoms with Crippen molar-refractivity contribution in [1.29, 1.82) is 0 Å². The van der Waals surface area contributed by atoms with Gasteiger partial charge in [-0.3, -0.25) is 4.79 Å². The highest BCUT2D eigenvalue weighted by atomic mass is 16.2. The second-order valence-electron chi connectivity index (χ2n) is 6.09. The first-order valence-corrected chi connectivity index (χ1v) is 8.07. The number of piperidine rings is 1. The van der Waals surface area contributed by atoms with Gasteiger partial charge in [-0.2, -0.15) is 0 Å². The van der Waals surface area contributed by atoms with Crippen molar-refractivity contribution < 1.29 is 4.79 Å². The van der Waals surface area contributed by atoms with Crippen LogP contribution in [-0.4, -0.2) is 33.9 Å². The molecule has 1 aliphatic heterocycles. The summed E-state index contributed by atoms with van der Waals surface area (Å²) in [4.78, 5) is 22.4. The topological polar surface area (TPSA) is 49.0 Å². The average molecular weight is 297 g/mol. The lowest BCUT2D eigenvalue weighted by Crippen LogP contribution is -2.39. The molecule has 0 unspecified atom stereocenters. The summed E-state index contributed by atoms with van der Waals surface area (Å²) in [5.74, 6) is 1.47. The van der Waals surface area contributed by atoms with Crippen LogP contribution < -0.4 is 0 Å². The number of imidazole rings is 1. The van der Waals surface area contributed by atoms with Gasteiger partial charge in [-0.15, -0.1) is 0 Å². The van der Waals surface area contributed by atoms with Crippen molar-refractivity contribution in [3.8, 4) is 0 Å². The number of hydrogen-bond acceptors (Lipinski definition) is 2. The molecule has 2 aromatic rings. The van der Waals surface area contributed by atoms with Gasteiger partial charge in [-0.25, -0.2) is 4.98 Å². The molecule has 0 aliphatic carbocycles. The SMILES string of the molecule is CCc1ccc(C(=O)N2CCC[C@@H](c3ncc(C)[nH]3)C2)cc1. The maximum atomic E-state index is 12.7. The van der Waals surface area contributed by atoms with E-state index in [1.165, 1.54) is 5.56 Å². The van der Waals surface area contributed by atoms with Crippen LogP contribution in [0.15, 0.2) is 30.5 Å². The Hall–Kier alpha value is -2.10. The van der Waals surface area contributed by atoms with Crippen LogP contribution in [0.2, 0.25) is 0 Å². The summed E-state index contributed by atoms with van der Waals surface area (Å²) < 4.78 is 0. The fourth-order valence-corrected chi connectivity index (χ4v) is 3.09. The number of hydrogen-bond donors (Lipinski definition) is 1. The van der Waals surface area contributed by atoms with Crippen molar-refractivity contribution in [2.24, 2.45) is 0 Å². The van der Waals surface area contributed by atoms with E-state index >= 15 is 0 Å². The molecule has 4 nitrogen and oxygen atoms in total. The van der Waals surface area contributed by atoms with Crippen molar-refractivity contribution in [3.05, 3.63) is 53.1 Å². The summed E-state index contributed by atoms with van der Waals surface area (Å²) in [6, 6.07) is 7.98. The maximum Gasteiger partial charge on any atom is 0.253 e. The number of carbonyl (C=O) groups is 1. The summed E-state index contributed by atoms with van der Waals surface area (Å²) >= 11 is 0. The Morgan fingerprint density at radius 3 is 2.77 bits per heavy atom. The largest absolute Gasteiger partial charge is 0.346 e. The molecule has 1 fully saturated rings. The lowest BCUT2D eigenvalue weighted by atomic mass is 9.96. The minimum atomic E-state index is 0.135. The molecule has 1 atom stereocenters. The first-order valence-electron chi connectivity index (χ1n) is 8.07. The van der Waals surface area contributed by atoms with Crippen LogP contribution in [0.3, 0.4) is 0 Å². The van der Waals surface area contributed by atoms with Gasteiger partial charge in [0.25, 0.3) is 5.91 Å². The smallest absolute Gasteiger partial charge is 0.253 e. The van der Waals surface area contributed by atoms with Gasteiger partial charge in [-0.1, -0.05) is 19.1 Å². The predicted molar refractivity (Wildman–Crippen MR) is 87.0 cm³/mol. The third-order valence-corrected chi connectivity index (χ3v) is 4.43. The number of aromatic amines is 1. The minimum absolute atomic E-state index is 0.135. The van der Waals surface area contributed by atoms with Crippen LogP contribution in [0, 0.1) is 6.92 Å². The van der Waals surface area contributed by atoms with Crippen molar-refractivity contribution in [3.63, 3.8) is 0 Å². The van der Waals surface area contributed by atoms with E-state index in [-0.39, 0.29) is 5.91 Å². The molecule has 0 spiro atoms. The normalized spacial score (nSPS) is 18.5. The molecule has 3 rings (SSSR count). The average Bonchev–Trinajstić information content (AvgIpc) is 3.01. The zero-order valence-corrected chi connectivity index (χ0v) is 13.3. The summed E-state index contributed by atoms with van der Waals surface area (Å²) in [6.07, 6.45) is 4.98. The van der Waals surface area contributed by atoms with Crippen molar-refractivity contribution in [2.75, 3.05) is 13.1 Å². The molecule has 116 valence electrons. The highest BCUT2D eigenvalue weighted by Crippen LogP contribution is 2.26. The lowest BCUT2D eigenvalue weighted by Gasteiger charge is -2.32. The molecule has 0 radical (unpaired) electrons. The quantitative estimate of drug-likeness (QED) is 0.945. The second-order valence-corrected chi connectivity index (χ2v) is 6.09. The molecule has 0 saturated carbocycles. The lowest BCUT2D eigenvalue weighted by molar-refractivity contribution is 0.0705. The second kappa shape index (κ2) is 6.34. The molecule has 1 saturated heterocycles. The van der Waals surface area contributed by atoms with E-state index in [1.54, 1.807) is 0 Å². The number of nitrogens with one attached hydrogen (secondary N) is 1. The first kappa shape index (κ1) is 14.8.